The van der Waals surface area contributed by atoms with E-state index < -0.39 is 6.10 Å². The zero-order valence-corrected chi connectivity index (χ0v) is 16.3. The molecular weight excluding hydrogens is 360 g/mol. The van der Waals surface area contributed by atoms with Crippen molar-refractivity contribution >= 4 is 5.91 Å². The maximum absolute atomic E-state index is 12.2. The van der Waals surface area contributed by atoms with Gasteiger partial charge < -0.3 is 30.0 Å². The number of hydrogen-bond acceptors (Lipinski definition) is 6. The Morgan fingerprint density at radius 3 is 2.68 bits per heavy atom. The maximum atomic E-state index is 12.2. The number of benzene rings is 1. The number of hydrogen-bond donors (Lipinski definition) is 3. The van der Waals surface area contributed by atoms with Gasteiger partial charge in [0.05, 0.1) is 31.8 Å². The van der Waals surface area contributed by atoms with Crippen LogP contribution in [0.4, 0.5) is 0 Å². The van der Waals surface area contributed by atoms with Gasteiger partial charge >= 0.3 is 0 Å². The van der Waals surface area contributed by atoms with E-state index in [1.54, 1.807) is 7.11 Å². The zero-order chi connectivity index (χ0) is 19.5. The van der Waals surface area contributed by atoms with Gasteiger partial charge in [-0.1, -0.05) is 18.6 Å². The number of amides is 1. The van der Waals surface area contributed by atoms with Crippen molar-refractivity contribution in [3.8, 4) is 5.75 Å². The standard InChI is InChI=1S/C21H30N2O5/c1-26-15-7-5-13(6-8-15)11-23-19(24)10-16-9-17-21(27-16)20(25)18(28-17)12-22-14-3-2-4-14/h5-8,14,16-18,20-22,25H,2-4,9-12H2,1H3,(H,23,24). The molecule has 3 N–H and O–H groups in total. The lowest BCUT2D eigenvalue weighted by Crippen LogP contribution is -2.44. The topological polar surface area (TPSA) is 89.1 Å². The van der Waals surface area contributed by atoms with Gasteiger partial charge in [-0.15, -0.1) is 0 Å². The molecule has 1 aromatic carbocycles. The Hall–Kier alpha value is -1.67. The van der Waals surface area contributed by atoms with Crippen molar-refractivity contribution in [2.75, 3.05) is 13.7 Å². The molecule has 5 unspecified atom stereocenters. The van der Waals surface area contributed by atoms with Crippen LogP contribution in [-0.2, 0) is 20.8 Å². The number of nitrogens with one attached hydrogen (secondary N) is 2. The first-order chi connectivity index (χ1) is 13.6. The van der Waals surface area contributed by atoms with Crippen LogP contribution in [0.3, 0.4) is 0 Å². The van der Waals surface area contributed by atoms with Crippen LogP contribution in [0.25, 0.3) is 0 Å². The van der Waals surface area contributed by atoms with Gasteiger partial charge in [0.15, 0.2) is 0 Å². The Kier molecular flexibility index (Phi) is 6.16. The lowest BCUT2D eigenvalue weighted by Gasteiger charge is -2.29. The fourth-order valence-electron chi connectivity index (χ4n) is 4.13. The Labute approximate surface area is 165 Å². The van der Waals surface area contributed by atoms with E-state index in [1.807, 2.05) is 24.3 Å². The van der Waals surface area contributed by atoms with E-state index in [9.17, 15) is 9.90 Å². The van der Waals surface area contributed by atoms with Gasteiger partial charge in [-0.3, -0.25) is 4.79 Å². The number of ether oxygens (including phenoxy) is 3. The van der Waals surface area contributed by atoms with Crippen LogP contribution in [-0.4, -0.2) is 61.2 Å². The lowest BCUT2D eigenvalue weighted by molar-refractivity contribution is -0.124. The molecule has 0 radical (unpaired) electrons. The van der Waals surface area contributed by atoms with Gasteiger partial charge in [0.2, 0.25) is 5.91 Å². The first kappa shape index (κ1) is 19.6. The normalized spacial score (nSPS) is 32.0. The highest BCUT2D eigenvalue weighted by molar-refractivity contribution is 5.76. The summed E-state index contributed by atoms with van der Waals surface area (Å²) in [4.78, 5) is 12.2. The van der Waals surface area contributed by atoms with E-state index in [1.165, 1.54) is 19.3 Å². The lowest BCUT2D eigenvalue weighted by atomic mass is 9.93. The quantitative estimate of drug-likeness (QED) is 0.617. The van der Waals surface area contributed by atoms with Crippen molar-refractivity contribution < 1.29 is 24.1 Å². The van der Waals surface area contributed by atoms with Gasteiger partial charge in [0.25, 0.3) is 0 Å². The Balaban J connectivity index is 1.18. The second-order valence-electron chi connectivity index (χ2n) is 8.03. The van der Waals surface area contributed by atoms with Crippen molar-refractivity contribution in [2.24, 2.45) is 0 Å². The number of rotatable bonds is 8. The van der Waals surface area contributed by atoms with Crippen molar-refractivity contribution in [3.05, 3.63) is 29.8 Å². The molecule has 1 saturated carbocycles. The first-order valence-electron chi connectivity index (χ1n) is 10.2. The minimum absolute atomic E-state index is 0.0570. The molecule has 154 valence electrons. The number of carbonyl (C=O) groups excluding carboxylic acids is 1. The number of aliphatic hydroxyl groups excluding tert-OH is 1. The molecule has 28 heavy (non-hydrogen) atoms. The molecular formula is C21H30N2O5. The summed E-state index contributed by atoms with van der Waals surface area (Å²) in [6, 6.07) is 8.17. The van der Waals surface area contributed by atoms with Crippen molar-refractivity contribution in [3.63, 3.8) is 0 Å². The molecule has 7 heteroatoms. The van der Waals surface area contributed by atoms with E-state index in [0.29, 0.717) is 25.6 Å². The first-order valence-corrected chi connectivity index (χ1v) is 10.2. The molecule has 3 fully saturated rings. The van der Waals surface area contributed by atoms with Gasteiger partial charge in [-0.25, -0.2) is 0 Å². The summed E-state index contributed by atoms with van der Waals surface area (Å²) < 4.78 is 17.1. The van der Waals surface area contributed by atoms with Crippen LogP contribution in [0, 0.1) is 0 Å². The smallest absolute Gasteiger partial charge is 0.222 e. The molecule has 1 amide bonds. The third-order valence-corrected chi connectivity index (χ3v) is 6.05. The molecule has 7 nitrogen and oxygen atoms in total. The fourth-order valence-corrected chi connectivity index (χ4v) is 4.13. The fraction of sp³-hybridized carbons (Fsp3) is 0.667. The number of carbonyl (C=O) groups is 1. The summed E-state index contributed by atoms with van der Waals surface area (Å²) in [6.07, 6.45) is 3.12. The molecule has 5 atom stereocenters. The van der Waals surface area contributed by atoms with Crippen LogP contribution in [0.5, 0.6) is 5.75 Å². The van der Waals surface area contributed by atoms with Crippen LogP contribution in [0.1, 0.15) is 37.7 Å². The predicted octanol–water partition coefficient (Wildman–Crippen LogP) is 1.13. The number of methoxy groups -OCH3 is 1. The van der Waals surface area contributed by atoms with Gasteiger partial charge in [-0.05, 0) is 30.5 Å². The molecule has 4 rings (SSSR count). The molecule has 3 aliphatic rings. The minimum Gasteiger partial charge on any atom is -0.497 e. The minimum atomic E-state index is -0.634. The summed E-state index contributed by atoms with van der Waals surface area (Å²) >= 11 is 0. The number of aliphatic hydroxyl groups is 1. The van der Waals surface area contributed by atoms with E-state index >= 15 is 0 Å². The third kappa shape index (κ3) is 4.49. The third-order valence-electron chi connectivity index (χ3n) is 6.05. The second kappa shape index (κ2) is 8.78. The molecule has 0 aromatic heterocycles. The average Bonchev–Trinajstić information content (AvgIpc) is 3.18. The molecule has 0 bridgehead atoms. The van der Waals surface area contributed by atoms with Crippen molar-refractivity contribution in [2.45, 2.75) is 75.2 Å². The Morgan fingerprint density at radius 1 is 1.25 bits per heavy atom. The van der Waals surface area contributed by atoms with Crippen molar-refractivity contribution in [1.29, 1.82) is 0 Å². The van der Waals surface area contributed by atoms with E-state index in [4.69, 9.17) is 14.2 Å². The van der Waals surface area contributed by atoms with Crippen LogP contribution >= 0.6 is 0 Å². The molecule has 2 saturated heterocycles. The van der Waals surface area contributed by atoms with Crippen molar-refractivity contribution in [1.82, 2.24) is 10.6 Å². The highest BCUT2D eigenvalue weighted by Crippen LogP contribution is 2.35. The summed E-state index contributed by atoms with van der Waals surface area (Å²) in [5.41, 5.74) is 1.01. The van der Waals surface area contributed by atoms with Crippen LogP contribution in [0.2, 0.25) is 0 Å². The SMILES string of the molecule is COc1ccc(CNC(=O)CC2CC3OC(CNC4CCC4)C(O)C3O2)cc1. The Bertz CT molecular complexity index is 663. The summed E-state index contributed by atoms with van der Waals surface area (Å²) in [5.74, 6) is 0.735. The van der Waals surface area contributed by atoms with Gasteiger partial charge in [-0.2, -0.15) is 0 Å². The van der Waals surface area contributed by atoms with E-state index in [0.717, 1.165) is 11.3 Å². The molecule has 1 aliphatic carbocycles. The van der Waals surface area contributed by atoms with Gasteiger partial charge in [0, 0.05) is 25.6 Å². The summed E-state index contributed by atoms with van der Waals surface area (Å²) in [5, 5.41) is 16.9. The zero-order valence-electron chi connectivity index (χ0n) is 16.3. The maximum Gasteiger partial charge on any atom is 0.222 e. The largest absolute Gasteiger partial charge is 0.497 e. The highest BCUT2D eigenvalue weighted by atomic mass is 16.6. The molecule has 0 spiro atoms. The second-order valence-corrected chi connectivity index (χ2v) is 8.03. The van der Waals surface area contributed by atoms with Crippen LogP contribution in [0.15, 0.2) is 24.3 Å². The number of fused-ring (bicyclic) bond motifs is 1. The van der Waals surface area contributed by atoms with Gasteiger partial charge in [0.1, 0.15) is 18.0 Å². The molecule has 2 heterocycles. The van der Waals surface area contributed by atoms with E-state index in [2.05, 4.69) is 10.6 Å². The molecule has 1 aromatic rings. The predicted molar refractivity (Wildman–Crippen MR) is 103 cm³/mol. The highest BCUT2D eigenvalue weighted by Gasteiger charge is 2.50. The van der Waals surface area contributed by atoms with E-state index in [-0.39, 0.29) is 36.7 Å². The summed E-state index contributed by atoms with van der Waals surface area (Å²) in [6.45, 7) is 1.13. The molecule has 2 aliphatic heterocycles. The Morgan fingerprint density at radius 2 is 2.04 bits per heavy atom. The monoisotopic (exact) mass is 390 g/mol. The van der Waals surface area contributed by atoms with Crippen LogP contribution < -0.4 is 15.4 Å². The average molecular weight is 390 g/mol. The summed E-state index contributed by atoms with van der Waals surface area (Å²) in [7, 11) is 1.63.